The minimum atomic E-state index is -0.250. The number of likely N-dealkylation sites (tertiary alicyclic amines) is 2. The Balaban J connectivity index is 1.72. The lowest BCUT2D eigenvalue weighted by Crippen LogP contribution is -2.43. The lowest BCUT2D eigenvalue weighted by Gasteiger charge is -2.34. The molecule has 8 nitrogen and oxygen atoms in total. The molecule has 2 fully saturated rings. The molecule has 0 aliphatic carbocycles. The summed E-state index contributed by atoms with van der Waals surface area (Å²) in [6.45, 7) is 6.99. The zero-order valence-electron chi connectivity index (χ0n) is 16.4. The summed E-state index contributed by atoms with van der Waals surface area (Å²) in [4.78, 5) is 42.7. The van der Waals surface area contributed by atoms with Crippen molar-refractivity contribution in [3.05, 3.63) is 17.5 Å². The van der Waals surface area contributed by atoms with Crippen molar-refractivity contribution in [3.63, 3.8) is 0 Å². The largest absolute Gasteiger partial charge is 0.345 e. The molecule has 0 radical (unpaired) electrons. The number of hydrogen-bond acceptors (Lipinski definition) is 4. The van der Waals surface area contributed by atoms with E-state index in [0.717, 1.165) is 18.5 Å². The molecule has 3 amide bonds. The minimum absolute atomic E-state index is 0.0183. The molecule has 1 N–H and O–H groups in total. The van der Waals surface area contributed by atoms with E-state index in [1.807, 2.05) is 18.7 Å². The maximum absolute atomic E-state index is 12.9. The number of amides is 3. The van der Waals surface area contributed by atoms with Gasteiger partial charge in [0, 0.05) is 52.1 Å². The molecule has 0 saturated carbocycles. The summed E-state index contributed by atoms with van der Waals surface area (Å²) >= 11 is 0. The fourth-order valence-electron chi connectivity index (χ4n) is 4.16. The summed E-state index contributed by atoms with van der Waals surface area (Å²) in [5, 5.41) is 7.11. The van der Waals surface area contributed by atoms with Crippen LogP contribution >= 0.6 is 0 Å². The predicted octanol–water partition coefficient (Wildman–Crippen LogP) is 1.08. The second kappa shape index (κ2) is 8.10. The van der Waals surface area contributed by atoms with E-state index in [0.29, 0.717) is 44.7 Å². The smallest absolute Gasteiger partial charge is 0.257 e. The average molecular weight is 375 g/mol. The van der Waals surface area contributed by atoms with Gasteiger partial charge < -0.3 is 14.7 Å². The first-order valence-corrected chi connectivity index (χ1v) is 9.81. The van der Waals surface area contributed by atoms with Crippen LogP contribution in [0.25, 0.3) is 0 Å². The highest BCUT2D eigenvalue weighted by molar-refractivity contribution is 5.95. The van der Waals surface area contributed by atoms with Crippen molar-refractivity contribution in [2.24, 2.45) is 5.92 Å². The molecule has 0 bridgehead atoms. The zero-order chi connectivity index (χ0) is 19.6. The Kier molecular flexibility index (Phi) is 5.82. The lowest BCUT2D eigenvalue weighted by molar-refractivity contribution is -0.137. The Morgan fingerprint density at radius 2 is 2.04 bits per heavy atom. The summed E-state index contributed by atoms with van der Waals surface area (Å²) in [5.41, 5.74) is 1.43. The molecule has 8 heteroatoms. The maximum atomic E-state index is 12.9. The van der Waals surface area contributed by atoms with Gasteiger partial charge in [0.05, 0.1) is 23.4 Å². The van der Waals surface area contributed by atoms with Gasteiger partial charge in [-0.3, -0.25) is 19.5 Å². The molecule has 2 aliphatic rings. The number of hydrogen-bond donors (Lipinski definition) is 1. The second-order valence-electron chi connectivity index (χ2n) is 7.47. The van der Waals surface area contributed by atoms with Gasteiger partial charge in [-0.25, -0.2) is 0 Å². The monoisotopic (exact) mass is 375 g/mol. The topological polar surface area (TPSA) is 89.6 Å². The normalized spacial score (nSPS) is 23.0. The lowest BCUT2D eigenvalue weighted by atomic mass is 9.91. The van der Waals surface area contributed by atoms with E-state index >= 15 is 0 Å². The van der Waals surface area contributed by atoms with Crippen LogP contribution in [0.5, 0.6) is 0 Å². The van der Waals surface area contributed by atoms with Gasteiger partial charge in [0.25, 0.3) is 5.91 Å². The van der Waals surface area contributed by atoms with E-state index in [1.54, 1.807) is 23.0 Å². The van der Waals surface area contributed by atoms with Crippen LogP contribution in [0.4, 0.5) is 0 Å². The molecular weight excluding hydrogens is 346 g/mol. The standard InChI is InChI=1S/C19H29N5O3/c1-4-23(5-2)19(27)15-10-20-21-17(15)13-7-6-8-24(12-13)18(26)14-9-16(25)22(3)11-14/h10,13-14H,4-9,11-12H2,1-3H3,(H,20,21)/t13-,14+/m1/s1. The Morgan fingerprint density at radius 1 is 1.30 bits per heavy atom. The minimum Gasteiger partial charge on any atom is -0.345 e. The van der Waals surface area contributed by atoms with Gasteiger partial charge in [-0.05, 0) is 26.7 Å². The molecule has 2 atom stereocenters. The summed E-state index contributed by atoms with van der Waals surface area (Å²) < 4.78 is 0. The van der Waals surface area contributed by atoms with E-state index < -0.39 is 0 Å². The van der Waals surface area contributed by atoms with E-state index in [1.165, 1.54) is 0 Å². The van der Waals surface area contributed by atoms with Gasteiger partial charge in [0.2, 0.25) is 11.8 Å². The van der Waals surface area contributed by atoms with Crippen molar-refractivity contribution in [2.75, 3.05) is 39.8 Å². The molecule has 0 spiro atoms. The van der Waals surface area contributed by atoms with Gasteiger partial charge in [0.15, 0.2) is 0 Å². The maximum Gasteiger partial charge on any atom is 0.257 e. The van der Waals surface area contributed by atoms with Crippen molar-refractivity contribution < 1.29 is 14.4 Å². The number of H-pyrrole nitrogens is 1. The molecule has 2 aliphatic heterocycles. The van der Waals surface area contributed by atoms with Crippen molar-refractivity contribution in [3.8, 4) is 0 Å². The Labute approximate surface area is 159 Å². The van der Waals surface area contributed by atoms with Gasteiger partial charge in [-0.2, -0.15) is 5.10 Å². The van der Waals surface area contributed by atoms with Crippen molar-refractivity contribution >= 4 is 17.7 Å². The molecule has 3 heterocycles. The van der Waals surface area contributed by atoms with Crippen molar-refractivity contribution in [1.82, 2.24) is 24.9 Å². The highest BCUT2D eigenvalue weighted by Gasteiger charge is 2.37. The summed E-state index contributed by atoms with van der Waals surface area (Å²) in [5.74, 6) is -0.124. The average Bonchev–Trinajstić information content (AvgIpc) is 3.29. The quantitative estimate of drug-likeness (QED) is 0.834. The summed E-state index contributed by atoms with van der Waals surface area (Å²) in [6, 6.07) is 0. The van der Waals surface area contributed by atoms with Gasteiger partial charge >= 0.3 is 0 Å². The third-order valence-corrected chi connectivity index (χ3v) is 5.78. The van der Waals surface area contributed by atoms with Crippen LogP contribution in [0.1, 0.15) is 55.1 Å². The fourth-order valence-corrected chi connectivity index (χ4v) is 4.16. The highest BCUT2D eigenvalue weighted by Crippen LogP contribution is 2.30. The number of carbonyl (C=O) groups excluding carboxylic acids is 3. The summed E-state index contributed by atoms with van der Waals surface area (Å²) in [6.07, 6.45) is 3.69. The molecule has 1 aromatic heterocycles. The van der Waals surface area contributed by atoms with E-state index in [-0.39, 0.29) is 29.6 Å². The van der Waals surface area contributed by atoms with Gasteiger partial charge in [-0.15, -0.1) is 0 Å². The fraction of sp³-hybridized carbons (Fsp3) is 0.684. The molecule has 27 heavy (non-hydrogen) atoms. The second-order valence-corrected chi connectivity index (χ2v) is 7.47. The third-order valence-electron chi connectivity index (χ3n) is 5.78. The Morgan fingerprint density at radius 3 is 2.67 bits per heavy atom. The van der Waals surface area contributed by atoms with Gasteiger partial charge in [0.1, 0.15) is 0 Å². The number of piperidine rings is 1. The first-order valence-electron chi connectivity index (χ1n) is 9.81. The molecule has 148 valence electrons. The Hall–Kier alpha value is -2.38. The summed E-state index contributed by atoms with van der Waals surface area (Å²) in [7, 11) is 1.74. The SMILES string of the molecule is CCN(CC)C(=O)c1cn[nH]c1[C@@H]1CCCN(C(=O)[C@H]2CC(=O)N(C)C2)C1. The van der Waals surface area contributed by atoms with Crippen LogP contribution in [0.3, 0.4) is 0 Å². The van der Waals surface area contributed by atoms with Crippen LogP contribution in [0.2, 0.25) is 0 Å². The molecule has 2 saturated heterocycles. The molecule has 3 rings (SSSR count). The number of aromatic nitrogens is 2. The first kappa shape index (κ1) is 19.4. The van der Waals surface area contributed by atoms with E-state index in [9.17, 15) is 14.4 Å². The zero-order valence-corrected chi connectivity index (χ0v) is 16.4. The predicted molar refractivity (Wildman–Crippen MR) is 100 cm³/mol. The van der Waals surface area contributed by atoms with Crippen molar-refractivity contribution in [1.29, 1.82) is 0 Å². The highest BCUT2D eigenvalue weighted by atomic mass is 16.2. The molecule has 1 aromatic rings. The van der Waals surface area contributed by atoms with Crippen LogP contribution in [0.15, 0.2) is 6.20 Å². The number of rotatable bonds is 5. The molecule has 0 aromatic carbocycles. The van der Waals surface area contributed by atoms with Crippen LogP contribution in [-0.4, -0.2) is 82.4 Å². The van der Waals surface area contributed by atoms with Crippen LogP contribution in [-0.2, 0) is 9.59 Å². The van der Waals surface area contributed by atoms with E-state index in [2.05, 4.69) is 10.2 Å². The number of nitrogens with zero attached hydrogens (tertiary/aromatic N) is 4. The third kappa shape index (κ3) is 3.84. The van der Waals surface area contributed by atoms with E-state index in [4.69, 9.17) is 0 Å². The number of aromatic amines is 1. The molecular formula is C19H29N5O3. The number of carbonyl (C=O) groups is 3. The number of nitrogens with one attached hydrogen (secondary N) is 1. The van der Waals surface area contributed by atoms with Crippen molar-refractivity contribution in [2.45, 2.75) is 39.0 Å². The van der Waals surface area contributed by atoms with Crippen LogP contribution < -0.4 is 0 Å². The molecule has 0 unspecified atom stereocenters. The first-order chi connectivity index (χ1) is 13.0. The van der Waals surface area contributed by atoms with Crippen LogP contribution in [0, 0.1) is 5.92 Å². The Bertz CT molecular complexity index is 712. The van der Waals surface area contributed by atoms with Gasteiger partial charge in [-0.1, -0.05) is 0 Å².